The molecule has 0 aliphatic heterocycles. The molecule has 98 valence electrons. The van der Waals surface area contributed by atoms with Gasteiger partial charge in [-0.3, -0.25) is 0 Å². The average molecular weight is 231 g/mol. The van der Waals surface area contributed by atoms with E-state index in [2.05, 4.69) is 33.0 Å². The van der Waals surface area contributed by atoms with Crippen molar-refractivity contribution in [2.24, 2.45) is 5.92 Å². The molecule has 0 rings (SSSR count). The summed E-state index contributed by atoms with van der Waals surface area (Å²) in [6.07, 6.45) is 3.06. The van der Waals surface area contributed by atoms with Gasteiger partial charge in [-0.05, 0) is 38.6 Å². The van der Waals surface area contributed by atoms with Crippen LogP contribution in [0.25, 0.3) is 0 Å². The first kappa shape index (κ1) is 15.9. The van der Waals surface area contributed by atoms with E-state index in [9.17, 15) is 5.11 Å². The molecule has 0 aliphatic carbocycles. The highest BCUT2D eigenvalue weighted by molar-refractivity contribution is 4.81. The van der Waals surface area contributed by atoms with E-state index in [-0.39, 0.29) is 12.1 Å². The number of rotatable bonds is 10. The highest BCUT2D eigenvalue weighted by Crippen LogP contribution is 2.09. The van der Waals surface area contributed by atoms with Gasteiger partial charge in [0.1, 0.15) is 0 Å². The second kappa shape index (κ2) is 8.97. The summed E-state index contributed by atoms with van der Waals surface area (Å²) >= 11 is 0. The standard InChI is InChI=1S/C13H29NO2/c1-5-8-14-13(4,11-15)7-10-16-9-6-12(2)3/h12,14-15H,5-11H2,1-4H3. The molecule has 0 saturated heterocycles. The lowest BCUT2D eigenvalue weighted by atomic mass is 9.99. The minimum Gasteiger partial charge on any atom is -0.394 e. The Kier molecular flexibility index (Phi) is 8.90. The van der Waals surface area contributed by atoms with Crippen LogP contribution in [0.2, 0.25) is 0 Å². The summed E-state index contributed by atoms with van der Waals surface area (Å²) in [5, 5.41) is 12.7. The van der Waals surface area contributed by atoms with Gasteiger partial charge in [-0.2, -0.15) is 0 Å². The molecule has 0 bridgehead atoms. The zero-order valence-electron chi connectivity index (χ0n) is 11.4. The molecular weight excluding hydrogens is 202 g/mol. The fourth-order valence-corrected chi connectivity index (χ4v) is 1.37. The first-order valence-corrected chi connectivity index (χ1v) is 6.47. The molecule has 0 fully saturated rings. The molecule has 0 aromatic heterocycles. The smallest absolute Gasteiger partial charge is 0.0611 e. The van der Waals surface area contributed by atoms with E-state index in [1.165, 1.54) is 0 Å². The third-order valence-corrected chi connectivity index (χ3v) is 2.79. The molecule has 0 aromatic rings. The van der Waals surface area contributed by atoms with E-state index >= 15 is 0 Å². The second-order valence-corrected chi connectivity index (χ2v) is 5.19. The zero-order chi connectivity index (χ0) is 12.4. The van der Waals surface area contributed by atoms with Crippen molar-refractivity contribution in [3.63, 3.8) is 0 Å². The Balaban J connectivity index is 3.61. The third-order valence-electron chi connectivity index (χ3n) is 2.79. The number of nitrogens with one attached hydrogen (secondary N) is 1. The molecule has 0 aliphatic rings. The van der Waals surface area contributed by atoms with Crippen molar-refractivity contribution in [3.05, 3.63) is 0 Å². The van der Waals surface area contributed by atoms with Crippen LogP contribution in [-0.4, -0.2) is 37.0 Å². The van der Waals surface area contributed by atoms with Crippen molar-refractivity contribution in [1.82, 2.24) is 5.32 Å². The summed E-state index contributed by atoms with van der Waals surface area (Å²) in [6, 6.07) is 0. The molecule has 1 atom stereocenters. The summed E-state index contributed by atoms with van der Waals surface area (Å²) in [4.78, 5) is 0. The van der Waals surface area contributed by atoms with Crippen LogP contribution >= 0.6 is 0 Å². The second-order valence-electron chi connectivity index (χ2n) is 5.19. The van der Waals surface area contributed by atoms with Crippen LogP contribution in [0.4, 0.5) is 0 Å². The van der Waals surface area contributed by atoms with Crippen molar-refractivity contribution < 1.29 is 9.84 Å². The Morgan fingerprint density at radius 2 is 2.00 bits per heavy atom. The van der Waals surface area contributed by atoms with E-state index in [1.807, 2.05) is 0 Å². The molecule has 0 heterocycles. The molecular formula is C13H29NO2. The van der Waals surface area contributed by atoms with Crippen LogP contribution < -0.4 is 5.32 Å². The first-order chi connectivity index (χ1) is 7.54. The quantitative estimate of drug-likeness (QED) is 0.566. The maximum Gasteiger partial charge on any atom is 0.0611 e. The predicted octanol–water partition coefficient (Wildman–Crippen LogP) is 2.19. The fraction of sp³-hybridized carbons (Fsp3) is 1.00. The maximum atomic E-state index is 9.34. The molecule has 1 unspecified atom stereocenters. The van der Waals surface area contributed by atoms with Gasteiger partial charge in [0.25, 0.3) is 0 Å². The van der Waals surface area contributed by atoms with Gasteiger partial charge in [0.15, 0.2) is 0 Å². The average Bonchev–Trinajstić information content (AvgIpc) is 2.25. The Labute approximate surface area is 101 Å². The summed E-state index contributed by atoms with van der Waals surface area (Å²) in [5.41, 5.74) is -0.187. The first-order valence-electron chi connectivity index (χ1n) is 6.47. The Bertz CT molecular complexity index is 162. The normalized spacial score (nSPS) is 15.4. The van der Waals surface area contributed by atoms with E-state index in [0.717, 1.165) is 39.0 Å². The van der Waals surface area contributed by atoms with E-state index in [4.69, 9.17) is 4.74 Å². The fourth-order valence-electron chi connectivity index (χ4n) is 1.37. The van der Waals surface area contributed by atoms with E-state index < -0.39 is 0 Å². The molecule has 3 nitrogen and oxygen atoms in total. The van der Waals surface area contributed by atoms with Crippen molar-refractivity contribution in [1.29, 1.82) is 0 Å². The number of aliphatic hydroxyl groups is 1. The highest BCUT2D eigenvalue weighted by atomic mass is 16.5. The van der Waals surface area contributed by atoms with Crippen molar-refractivity contribution in [2.75, 3.05) is 26.4 Å². The van der Waals surface area contributed by atoms with Crippen molar-refractivity contribution in [2.45, 2.75) is 52.5 Å². The Morgan fingerprint density at radius 1 is 1.31 bits per heavy atom. The Hall–Kier alpha value is -0.120. The van der Waals surface area contributed by atoms with Crippen LogP contribution in [0.1, 0.15) is 47.0 Å². The number of aliphatic hydroxyl groups excluding tert-OH is 1. The van der Waals surface area contributed by atoms with Gasteiger partial charge in [0.2, 0.25) is 0 Å². The minimum absolute atomic E-state index is 0.167. The van der Waals surface area contributed by atoms with E-state index in [1.54, 1.807) is 0 Å². The topological polar surface area (TPSA) is 41.5 Å². The summed E-state index contributed by atoms with van der Waals surface area (Å²) in [5.74, 6) is 0.697. The van der Waals surface area contributed by atoms with Gasteiger partial charge in [0, 0.05) is 18.8 Å². The van der Waals surface area contributed by atoms with Gasteiger partial charge in [-0.25, -0.2) is 0 Å². The maximum absolute atomic E-state index is 9.34. The molecule has 0 amide bonds. The monoisotopic (exact) mass is 231 g/mol. The SMILES string of the molecule is CCCNC(C)(CO)CCOCCC(C)C. The molecule has 2 N–H and O–H groups in total. The van der Waals surface area contributed by atoms with Gasteiger partial charge >= 0.3 is 0 Å². The highest BCUT2D eigenvalue weighted by Gasteiger charge is 2.21. The number of ether oxygens (including phenoxy) is 1. The third kappa shape index (κ3) is 8.08. The Morgan fingerprint density at radius 3 is 2.50 bits per heavy atom. The van der Waals surface area contributed by atoms with Gasteiger partial charge in [-0.15, -0.1) is 0 Å². The lowest BCUT2D eigenvalue weighted by Gasteiger charge is -2.28. The molecule has 3 heteroatoms. The summed E-state index contributed by atoms with van der Waals surface area (Å²) in [7, 11) is 0. The minimum atomic E-state index is -0.187. The number of hydrogen-bond acceptors (Lipinski definition) is 3. The molecule has 0 spiro atoms. The van der Waals surface area contributed by atoms with Crippen LogP contribution in [0.3, 0.4) is 0 Å². The van der Waals surface area contributed by atoms with Crippen molar-refractivity contribution in [3.8, 4) is 0 Å². The van der Waals surface area contributed by atoms with E-state index in [0.29, 0.717) is 5.92 Å². The lowest BCUT2D eigenvalue weighted by Crippen LogP contribution is -2.46. The molecule has 16 heavy (non-hydrogen) atoms. The van der Waals surface area contributed by atoms with Gasteiger partial charge < -0.3 is 15.2 Å². The van der Waals surface area contributed by atoms with Crippen LogP contribution in [0, 0.1) is 5.92 Å². The largest absolute Gasteiger partial charge is 0.394 e. The summed E-state index contributed by atoms with van der Waals surface area (Å²) < 4.78 is 5.57. The molecule has 0 aromatic carbocycles. The molecule has 0 saturated carbocycles. The lowest BCUT2D eigenvalue weighted by molar-refractivity contribution is 0.0815. The zero-order valence-corrected chi connectivity index (χ0v) is 11.4. The number of hydrogen-bond donors (Lipinski definition) is 2. The van der Waals surface area contributed by atoms with Crippen LogP contribution in [-0.2, 0) is 4.74 Å². The van der Waals surface area contributed by atoms with Crippen LogP contribution in [0.15, 0.2) is 0 Å². The predicted molar refractivity (Wildman–Crippen MR) is 68.7 cm³/mol. The van der Waals surface area contributed by atoms with Crippen molar-refractivity contribution >= 4 is 0 Å². The summed E-state index contributed by atoms with van der Waals surface area (Å²) in [6.45, 7) is 11.2. The van der Waals surface area contributed by atoms with Gasteiger partial charge in [-0.1, -0.05) is 20.8 Å². The van der Waals surface area contributed by atoms with Gasteiger partial charge in [0.05, 0.1) is 6.61 Å². The van der Waals surface area contributed by atoms with Crippen LogP contribution in [0.5, 0.6) is 0 Å². The molecule has 0 radical (unpaired) electrons.